The number of hydrogen-bond donors (Lipinski definition) is 2. The number of benzene rings is 1. The molecule has 0 radical (unpaired) electrons. The average molecular weight is 241 g/mol. The van der Waals surface area contributed by atoms with Gasteiger partial charge in [0.1, 0.15) is 5.82 Å². The van der Waals surface area contributed by atoms with E-state index >= 15 is 0 Å². The Morgan fingerprint density at radius 2 is 2.06 bits per heavy atom. The van der Waals surface area contributed by atoms with Crippen LogP contribution in [0.2, 0.25) is 0 Å². The second kappa shape index (κ2) is 4.87. The summed E-state index contributed by atoms with van der Waals surface area (Å²) in [7, 11) is 0. The standard InChI is InChI=1S/C12H16FNOS/c1-12(2,3)7-14-11(15)9-6-8(16)4-5-10(9)13/h4-6,16H,7H2,1-3H3,(H,14,15). The Bertz CT molecular complexity index is 398. The Balaban J connectivity index is 2.77. The minimum Gasteiger partial charge on any atom is -0.351 e. The van der Waals surface area contributed by atoms with Crippen molar-refractivity contribution in [3.05, 3.63) is 29.6 Å². The maximum absolute atomic E-state index is 13.3. The van der Waals surface area contributed by atoms with Crippen LogP contribution in [0.15, 0.2) is 23.1 Å². The third kappa shape index (κ3) is 3.85. The van der Waals surface area contributed by atoms with Gasteiger partial charge in [-0.2, -0.15) is 0 Å². The van der Waals surface area contributed by atoms with E-state index in [0.717, 1.165) is 0 Å². The van der Waals surface area contributed by atoms with Gasteiger partial charge in [0.15, 0.2) is 0 Å². The molecule has 2 nitrogen and oxygen atoms in total. The molecule has 0 fully saturated rings. The van der Waals surface area contributed by atoms with Crippen LogP contribution in [0.25, 0.3) is 0 Å². The van der Waals surface area contributed by atoms with Crippen molar-refractivity contribution in [1.29, 1.82) is 0 Å². The zero-order chi connectivity index (χ0) is 12.3. The van der Waals surface area contributed by atoms with Gasteiger partial charge < -0.3 is 5.32 Å². The zero-order valence-corrected chi connectivity index (χ0v) is 10.6. The van der Waals surface area contributed by atoms with Gasteiger partial charge in [0.05, 0.1) is 5.56 Å². The van der Waals surface area contributed by atoms with Crippen molar-refractivity contribution in [3.8, 4) is 0 Å². The Hall–Kier alpha value is -1.03. The number of carbonyl (C=O) groups is 1. The van der Waals surface area contributed by atoms with E-state index < -0.39 is 11.7 Å². The van der Waals surface area contributed by atoms with Crippen LogP contribution in [-0.4, -0.2) is 12.5 Å². The molecule has 0 aliphatic heterocycles. The lowest BCUT2D eigenvalue weighted by Crippen LogP contribution is -2.32. The molecule has 0 aromatic heterocycles. The zero-order valence-electron chi connectivity index (χ0n) is 9.67. The minimum absolute atomic E-state index is 0.0231. The Labute approximate surface area is 101 Å². The predicted octanol–water partition coefficient (Wildman–Crippen LogP) is 2.89. The van der Waals surface area contributed by atoms with Gasteiger partial charge in [-0.05, 0) is 23.6 Å². The van der Waals surface area contributed by atoms with Crippen molar-refractivity contribution in [1.82, 2.24) is 5.32 Å². The Morgan fingerprint density at radius 1 is 1.44 bits per heavy atom. The number of thiol groups is 1. The fraction of sp³-hybridized carbons (Fsp3) is 0.417. The van der Waals surface area contributed by atoms with Crippen LogP contribution >= 0.6 is 12.6 Å². The molecule has 0 atom stereocenters. The summed E-state index contributed by atoms with van der Waals surface area (Å²) in [5.74, 6) is -0.924. The van der Waals surface area contributed by atoms with E-state index in [4.69, 9.17) is 0 Å². The van der Waals surface area contributed by atoms with Gasteiger partial charge in [-0.1, -0.05) is 20.8 Å². The van der Waals surface area contributed by atoms with Crippen molar-refractivity contribution in [3.63, 3.8) is 0 Å². The summed E-state index contributed by atoms with van der Waals surface area (Å²) in [6.07, 6.45) is 0. The van der Waals surface area contributed by atoms with Crippen LogP contribution < -0.4 is 5.32 Å². The second-order valence-electron chi connectivity index (χ2n) is 4.91. The number of rotatable bonds is 2. The van der Waals surface area contributed by atoms with Crippen LogP contribution in [0.3, 0.4) is 0 Å². The summed E-state index contributed by atoms with van der Waals surface area (Å²) < 4.78 is 13.3. The van der Waals surface area contributed by atoms with Crippen molar-refractivity contribution < 1.29 is 9.18 Å². The van der Waals surface area contributed by atoms with Crippen molar-refractivity contribution in [2.75, 3.05) is 6.54 Å². The second-order valence-corrected chi connectivity index (χ2v) is 5.42. The highest BCUT2D eigenvalue weighted by molar-refractivity contribution is 7.80. The summed E-state index contributed by atoms with van der Waals surface area (Å²) >= 11 is 4.07. The van der Waals surface area contributed by atoms with E-state index in [2.05, 4.69) is 17.9 Å². The van der Waals surface area contributed by atoms with E-state index in [0.29, 0.717) is 11.4 Å². The molecule has 0 saturated carbocycles. The maximum Gasteiger partial charge on any atom is 0.254 e. The molecule has 1 aromatic rings. The fourth-order valence-corrected chi connectivity index (χ4v) is 1.33. The average Bonchev–Trinajstić information content (AvgIpc) is 2.17. The third-order valence-corrected chi connectivity index (χ3v) is 2.25. The SMILES string of the molecule is CC(C)(C)CNC(=O)c1cc(S)ccc1F. The van der Waals surface area contributed by atoms with E-state index in [1.54, 1.807) is 0 Å². The smallest absolute Gasteiger partial charge is 0.254 e. The molecule has 0 unspecified atom stereocenters. The number of halogens is 1. The minimum atomic E-state index is -0.524. The van der Waals surface area contributed by atoms with Gasteiger partial charge in [-0.15, -0.1) is 12.6 Å². The highest BCUT2D eigenvalue weighted by atomic mass is 32.1. The number of hydrogen-bond acceptors (Lipinski definition) is 2. The van der Waals surface area contributed by atoms with Crippen LogP contribution in [-0.2, 0) is 0 Å². The summed E-state index contributed by atoms with van der Waals surface area (Å²) in [6.45, 7) is 6.50. The number of amides is 1. The molecule has 0 heterocycles. The van der Waals surface area contributed by atoms with Crippen LogP contribution in [0.4, 0.5) is 4.39 Å². The molecular formula is C12H16FNOS. The highest BCUT2D eigenvalue weighted by Crippen LogP contribution is 2.15. The largest absolute Gasteiger partial charge is 0.351 e. The number of carbonyl (C=O) groups excluding carboxylic acids is 1. The van der Waals surface area contributed by atoms with Gasteiger partial charge in [-0.25, -0.2) is 4.39 Å². The maximum atomic E-state index is 13.3. The van der Waals surface area contributed by atoms with Crippen LogP contribution in [0.5, 0.6) is 0 Å². The van der Waals surface area contributed by atoms with Crippen molar-refractivity contribution >= 4 is 18.5 Å². The normalized spacial score (nSPS) is 11.3. The molecule has 0 spiro atoms. The topological polar surface area (TPSA) is 29.1 Å². The first-order valence-electron chi connectivity index (χ1n) is 5.06. The highest BCUT2D eigenvalue weighted by Gasteiger charge is 2.15. The molecular weight excluding hydrogens is 225 g/mol. The third-order valence-electron chi connectivity index (χ3n) is 1.97. The van der Waals surface area contributed by atoms with Crippen LogP contribution in [0, 0.1) is 11.2 Å². The summed E-state index contributed by atoms with van der Waals surface area (Å²) in [5.41, 5.74) is 0.0156. The lowest BCUT2D eigenvalue weighted by atomic mass is 9.97. The summed E-state index contributed by atoms with van der Waals surface area (Å²) in [5, 5.41) is 2.69. The summed E-state index contributed by atoms with van der Waals surface area (Å²) in [6, 6.07) is 4.18. The van der Waals surface area contributed by atoms with Gasteiger partial charge in [0.25, 0.3) is 5.91 Å². The van der Waals surface area contributed by atoms with Crippen molar-refractivity contribution in [2.24, 2.45) is 5.41 Å². The monoisotopic (exact) mass is 241 g/mol. The molecule has 1 N–H and O–H groups in total. The number of nitrogens with one attached hydrogen (secondary N) is 1. The van der Waals surface area contributed by atoms with Crippen molar-refractivity contribution in [2.45, 2.75) is 25.7 Å². The van der Waals surface area contributed by atoms with Gasteiger partial charge in [0.2, 0.25) is 0 Å². The van der Waals surface area contributed by atoms with Crippen LogP contribution in [0.1, 0.15) is 31.1 Å². The van der Waals surface area contributed by atoms with E-state index in [-0.39, 0.29) is 11.0 Å². The lowest BCUT2D eigenvalue weighted by Gasteiger charge is -2.18. The van der Waals surface area contributed by atoms with E-state index in [1.807, 2.05) is 20.8 Å². The molecule has 0 aliphatic carbocycles. The van der Waals surface area contributed by atoms with E-state index in [1.165, 1.54) is 18.2 Å². The van der Waals surface area contributed by atoms with Gasteiger partial charge >= 0.3 is 0 Å². The quantitative estimate of drug-likeness (QED) is 0.766. The fourth-order valence-electron chi connectivity index (χ4n) is 1.13. The summed E-state index contributed by atoms with van der Waals surface area (Å²) in [4.78, 5) is 12.3. The molecule has 1 rings (SSSR count). The Morgan fingerprint density at radius 3 is 2.62 bits per heavy atom. The molecule has 88 valence electrons. The molecule has 1 amide bonds. The molecule has 0 saturated heterocycles. The van der Waals surface area contributed by atoms with E-state index in [9.17, 15) is 9.18 Å². The van der Waals surface area contributed by atoms with Gasteiger partial charge in [0, 0.05) is 11.4 Å². The first-order valence-corrected chi connectivity index (χ1v) is 5.51. The molecule has 0 bridgehead atoms. The first-order chi connectivity index (χ1) is 7.29. The lowest BCUT2D eigenvalue weighted by molar-refractivity contribution is 0.0935. The van der Waals surface area contributed by atoms with Gasteiger partial charge in [-0.3, -0.25) is 4.79 Å². The molecule has 16 heavy (non-hydrogen) atoms. The first kappa shape index (κ1) is 13.0. The molecule has 1 aromatic carbocycles. The molecule has 0 aliphatic rings. The Kier molecular flexibility index (Phi) is 3.97. The predicted molar refractivity (Wildman–Crippen MR) is 65.4 cm³/mol. The molecule has 4 heteroatoms.